The normalized spacial score (nSPS) is 15.0. The second-order valence-corrected chi connectivity index (χ2v) is 8.63. The summed E-state index contributed by atoms with van der Waals surface area (Å²) in [5.41, 5.74) is 2.34. The first-order chi connectivity index (χ1) is 15.5. The molecule has 5 rings (SSSR count). The van der Waals surface area contributed by atoms with Gasteiger partial charge < -0.3 is 9.64 Å². The maximum absolute atomic E-state index is 13.2. The van der Waals surface area contributed by atoms with Gasteiger partial charge in [0.25, 0.3) is 11.5 Å². The summed E-state index contributed by atoms with van der Waals surface area (Å²) in [4.78, 5) is 33.0. The van der Waals surface area contributed by atoms with Gasteiger partial charge in [-0.15, -0.1) is 11.7 Å². The quantitative estimate of drug-likeness (QED) is 0.442. The summed E-state index contributed by atoms with van der Waals surface area (Å²) in [6, 6.07) is 14.9. The van der Waals surface area contributed by atoms with Crippen LogP contribution in [0.15, 0.2) is 66.0 Å². The molecule has 160 valence electrons. The molecule has 3 heterocycles. The lowest BCUT2D eigenvalue weighted by Crippen LogP contribution is -2.32. The fourth-order valence-electron chi connectivity index (χ4n) is 3.77. The number of anilines is 1. The Morgan fingerprint density at radius 1 is 1.12 bits per heavy atom. The third-order valence-electron chi connectivity index (χ3n) is 5.10. The number of carbonyl (C=O) groups is 1. The van der Waals surface area contributed by atoms with Gasteiger partial charge in [0, 0.05) is 17.7 Å². The molecule has 2 aromatic carbocycles. The van der Waals surface area contributed by atoms with Crippen molar-refractivity contribution in [2.24, 2.45) is 0 Å². The summed E-state index contributed by atoms with van der Waals surface area (Å²) in [5.74, 6) is 0.997. The zero-order valence-corrected chi connectivity index (χ0v) is 18.4. The van der Waals surface area contributed by atoms with Crippen LogP contribution in [0.25, 0.3) is 21.9 Å². The Hall–Kier alpha value is -3.78. The Balaban J connectivity index is 1.61. The van der Waals surface area contributed by atoms with Gasteiger partial charge in [0.1, 0.15) is 10.3 Å². The summed E-state index contributed by atoms with van der Waals surface area (Å²) in [6.45, 7) is 8.04. The summed E-state index contributed by atoms with van der Waals surface area (Å²) in [7, 11) is 0. The van der Waals surface area contributed by atoms with Crippen LogP contribution < -0.4 is 19.7 Å². The Labute approximate surface area is 187 Å². The molecule has 8 heteroatoms. The second kappa shape index (κ2) is 7.72. The highest BCUT2D eigenvalue weighted by Gasteiger charge is 2.33. The topological polar surface area (TPSA) is 76.8 Å². The van der Waals surface area contributed by atoms with Crippen LogP contribution in [0.2, 0.25) is 0 Å². The number of fused-ring (bicyclic) bond motifs is 2. The molecule has 0 saturated carbocycles. The van der Waals surface area contributed by atoms with E-state index in [9.17, 15) is 9.59 Å². The highest BCUT2D eigenvalue weighted by Crippen LogP contribution is 2.35. The van der Waals surface area contributed by atoms with Gasteiger partial charge in [-0.1, -0.05) is 35.6 Å². The number of carbonyl (C=O) groups excluding carboxylic acids is 1. The average Bonchev–Trinajstić information content (AvgIpc) is 3.40. The molecule has 0 atom stereocenters. The van der Waals surface area contributed by atoms with Crippen LogP contribution in [0.1, 0.15) is 19.4 Å². The van der Waals surface area contributed by atoms with E-state index >= 15 is 0 Å². The maximum Gasteiger partial charge on any atom is 0.291 e. The number of aromatic nitrogens is 3. The molecule has 0 bridgehead atoms. The first kappa shape index (κ1) is 20.1. The number of hydrogen-bond donors (Lipinski definition) is 0. The van der Waals surface area contributed by atoms with Crippen molar-refractivity contribution in [1.82, 2.24) is 14.6 Å². The first-order valence-corrected chi connectivity index (χ1v) is 11.0. The van der Waals surface area contributed by atoms with Crippen LogP contribution in [0.5, 0.6) is 5.75 Å². The lowest BCUT2D eigenvalue weighted by atomic mass is 10.1. The van der Waals surface area contributed by atoms with Crippen LogP contribution in [-0.4, -0.2) is 33.2 Å². The lowest BCUT2D eigenvalue weighted by molar-refractivity contribution is -0.112. The van der Waals surface area contributed by atoms with E-state index in [1.807, 2.05) is 62.4 Å². The van der Waals surface area contributed by atoms with E-state index in [1.165, 1.54) is 15.9 Å². The van der Waals surface area contributed by atoms with E-state index in [0.717, 1.165) is 22.6 Å². The van der Waals surface area contributed by atoms with Crippen molar-refractivity contribution in [3.63, 3.8) is 0 Å². The van der Waals surface area contributed by atoms with Crippen molar-refractivity contribution in [2.45, 2.75) is 20.0 Å². The fraction of sp³-hybridized carbons (Fsp3) is 0.167. The summed E-state index contributed by atoms with van der Waals surface area (Å²) in [6.07, 6.45) is 1.75. The van der Waals surface area contributed by atoms with Crippen molar-refractivity contribution in [2.75, 3.05) is 11.4 Å². The monoisotopic (exact) mass is 444 g/mol. The van der Waals surface area contributed by atoms with Gasteiger partial charge in [-0.25, -0.2) is 0 Å². The average molecular weight is 445 g/mol. The highest BCUT2D eigenvalue weighted by atomic mass is 32.1. The minimum atomic E-state index is -0.345. The largest absolute Gasteiger partial charge is 0.491 e. The van der Waals surface area contributed by atoms with Crippen molar-refractivity contribution < 1.29 is 9.53 Å². The smallest absolute Gasteiger partial charge is 0.291 e. The molecule has 4 aromatic rings. The summed E-state index contributed by atoms with van der Waals surface area (Å²) in [5, 5.41) is 4.41. The maximum atomic E-state index is 13.2. The van der Waals surface area contributed by atoms with Crippen LogP contribution in [0.3, 0.4) is 0 Å². The molecule has 0 aliphatic carbocycles. The molecular weight excluding hydrogens is 424 g/mol. The first-order valence-electron chi connectivity index (χ1n) is 10.2. The summed E-state index contributed by atoms with van der Waals surface area (Å²) < 4.78 is 7.28. The minimum Gasteiger partial charge on any atom is -0.491 e. The summed E-state index contributed by atoms with van der Waals surface area (Å²) >= 11 is 1.18. The standard InChI is InChI=1S/C24H20N4O3S/c1-4-13-27-18-8-6-5-7-17(18)19(22(27)29)20-23(30)28-24(32-20)25-21(26-28)15-9-11-16(12-10-15)31-14(2)3/h4-12,14H,1,13H2,2-3H3/b20-19-. The third kappa shape index (κ3) is 3.20. The van der Waals surface area contributed by atoms with E-state index in [-0.39, 0.29) is 17.6 Å². The van der Waals surface area contributed by atoms with Crippen LogP contribution >= 0.6 is 11.3 Å². The Morgan fingerprint density at radius 3 is 2.56 bits per heavy atom. The molecule has 0 radical (unpaired) electrons. The molecule has 0 N–H and O–H groups in total. The van der Waals surface area contributed by atoms with E-state index in [4.69, 9.17) is 4.74 Å². The van der Waals surface area contributed by atoms with Gasteiger partial charge in [0.2, 0.25) is 4.96 Å². The van der Waals surface area contributed by atoms with Gasteiger partial charge in [-0.2, -0.15) is 9.50 Å². The van der Waals surface area contributed by atoms with Gasteiger partial charge >= 0.3 is 0 Å². The molecule has 1 amide bonds. The number of ether oxygens (including phenoxy) is 1. The zero-order valence-electron chi connectivity index (χ0n) is 17.6. The molecule has 1 aliphatic heterocycles. The second-order valence-electron chi connectivity index (χ2n) is 7.65. The van der Waals surface area contributed by atoms with Gasteiger partial charge in [0.15, 0.2) is 5.82 Å². The molecule has 32 heavy (non-hydrogen) atoms. The minimum absolute atomic E-state index is 0.0849. The van der Waals surface area contributed by atoms with E-state index in [2.05, 4.69) is 16.7 Å². The van der Waals surface area contributed by atoms with Crippen molar-refractivity contribution in [3.05, 3.63) is 81.6 Å². The van der Waals surface area contributed by atoms with E-state index < -0.39 is 0 Å². The van der Waals surface area contributed by atoms with Crippen LogP contribution in [0, 0.1) is 0 Å². The number of para-hydroxylation sites is 1. The molecule has 7 nitrogen and oxygen atoms in total. The predicted molar refractivity (Wildman–Crippen MR) is 125 cm³/mol. The Morgan fingerprint density at radius 2 is 1.88 bits per heavy atom. The lowest BCUT2D eigenvalue weighted by Gasteiger charge is -2.13. The van der Waals surface area contributed by atoms with Gasteiger partial charge in [0.05, 0.1) is 17.4 Å². The molecule has 0 spiro atoms. The SMILES string of the molecule is C=CCN1C(=O)/C(=c2\sc3nc(-c4ccc(OC(C)C)cc4)nn3c2=O)c2ccccc21. The molecule has 2 aromatic heterocycles. The Kier molecular flexibility index (Phi) is 4.86. The Bertz CT molecular complexity index is 1470. The molecule has 1 aliphatic rings. The number of thiazole rings is 1. The third-order valence-corrected chi connectivity index (χ3v) is 6.13. The molecule has 0 saturated heterocycles. The molecule has 0 fully saturated rings. The number of nitrogens with zero attached hydrogens (tertiary/aromatic N) is 4. The number of benzene rings is 2. The van der Waals surface area contributed by atoms with Crippen molar-refractivity contribution in [1.29, 1.82) is 0 Å². The molecule has 0 unspecified atom stereocenters. The number of rotatable bonds is 5. The molecular formula is C24H20N4O3S. The van der Waals surface area contributed by atoms with Crippen LogP contribution in [-0.2, 0) is 4.79 Å². The van der Waals surface area contributed by atoms with Crippen molar-refractivity contribution in [3.8, 4) is 17.1 Å². The number of amides is 1. The van der Waals surface area contributed by atoms with E-state index in [1.54, 1.807) is 11.0 Å². The van der Waals surface area contributed by atoms with Gasteiger partial charge in [-0.05, 0) is 44.2 Å². The highest BCUT2D eigenvalue weighted by molar-refractivity contribution is 7.15. The zero-order chi connectivity index (χ0) is 22.4. The van der Waals surface area contributed by atoms with Crippen LogP contribution in [0.4, 0.5) is 5.69 Å². The van der Waals surface area contributed by atoms with Gasteiger partial charge in [-0.3, -0.25) is 9.59 Å². The fourth-order valence-corrected chi connectivity index (χ4v) is 4.77. The number of hydrogen-bond acceptors (Lipinski definition) is 6. The van der Waals surface area contributed by atoms with E-state index in [0.29, 0.717) is 27.4 Å². The predicted octanol–water partition coefficient (Wildman–Crippen LogP) is 3.06. The van der Waals surface area contributed by atoms with Crippen molar-refractivity contribution >= 4 is 33.5 Å².